The van der Waals surface area contributed by atoms with E-state index in [0.29, 0.717) is 0 Å². The SMILES string of the molecule is C.C=C(CCC1CC=CCC1)CC1CCCCC1C.C=CCc1ccc(C)cc1.[V]. The van der Waals surface area contributed by atoms with Gasteiger partial charge in [0.15, 0.2) is 0 Å². The molecule has 1 radical (unpaired) electrons. The normalized spacial score (nSPS) is 22.5. The van der Waals surface area contributed by atoms with Crippen LogP contribution in [0.3, 0.4) is 0 Å². The molecule has 0 aliphatic heterocycles. The fourth-order valence-corrected chi connectivity index (χ4v) is 4.59. The second-order valence-electron chi connectivity index (χ2n) is 9.14. The maximum Gasteiger partial charge on any atom is 0 e. The van der Waals surface area contributed by atoms with E-state index in [4.69, 9.17) is 0 Å². The molecule has 2 aliphatic carbocycles. The van der Waals surface area contributed by atoms with Crippen LogP contribution in [0.1, 0.15) is 89.7 Å². The Morgan fingerprint density at radius 2 is 1.77 bits per heavy atom. The Hall–Kier alpha value is -0.976. The van der Waals surface area contributed by atoms with E-state index >= 15 is 0 Å². The van der Waals surface area contributed by atoms with E-state index in [1.807, 2.05) is 6.08 Å². The first-order chi connectivity index (χ1) is 13.6. The van der Waals surface area contributed by atoms with E-state index in [1.165, 1.54) is 80.9 Å². The molecular formula is C29H46V. The van der Waals surface area contributed by atoms with Gasteiger partial charge in [0.1, 0.15) is 0 Å². The number of benzene rings is 1. The van der Waals surface area contributed by atoms with Gasteiger partial charge in [-0.25, -0.2) is 0 Å². The molecule has 1 fully saturated rings. The van der Waals surface area contributed by atoms with Crippen molar-refractivity contribution in [2.45, 2.75) is 91.9 Å². The topological polar surface area (TPSA) is 0 Å². The number of hydrogen-bond acceptors (Lipinski definition) is 0. The van der Waals surface area contributed by atoms with Crippen LogP contribution in [0, 0.1) is 24.7 Å². The first-order valence-corrected chi connectivity index (χ1v) is 11.6. The van der Waals surface area contributed by atoms with Gasteiger partial charge in [-0.2, -0.15) is 0 Å². The van der Waals surface area contributed by atoms with Crippen molar-refractivity contribution in [3.8, 4) is 0 Å². The third-order valence-corrected chi connectivity index (χ3v) is 6.62. The van der Waals surface area contributed by atoms with Crippen molar-refractivity contribution in [3.05, 3.63) is 72.4 Å². The summed E-state index contributed by atoms with van der Waals surface area (Å²) in [5.41, 5.74) is 4.18. The minimum Gasteiger partial charge on any atom is -0.103 e. The molecule has 0 saturated heterocycles. The van der Waals surface area contributed by atoms with Gasteiger partial charge in [0.05, 0.1) is 0 Å². The van der Waals surface area contributed by atoms with Crippen molar-refractivity contribution in [1.82, 2.24) is 0 Å². The fraction of sp³-hybridized carbons (Fsp3) is 0.586. The number of rotatable bonds is 7. The first kappa shape index (κ1) is 29.0. The van der Waals surface area contributed by atoms with Gasteiger partial charge in [-0.3, -0.25) is 0 Å². The van der Waals surface area contributed by atoms with Crippen molar-refractivity contribution in [3.63, 3.8) is 0 Å². The molecule has 0 N–H and O–H groups in total. The van der Waals surface area contributed by atoms with E-state index < -0.39 is 0 Å². The van der Waals surface area contributed by atoms with Crippen LogP contribution in [0.2, 0.25) is 0 Å². The standard InChI is InChI=1S/C18H30.C10H12.CH4.V/c1-15(12-13-17-9-4-3-5-10-17)14-18-11-7-6-8-16(18)2;1-3-4-10-7-5-9(2)6-8-10;;/h3-4,16-18H,1,5-14H2,2H3;3,5-8H,1,4H2,2H3;1H4;. The summed E-state index contributed by atoms with van der Waals surface area (Å²) in [6.45, 7) is 12.6. The quantitative estimate of drug-likeness (QED) is 0.367. The molecule has 0 heterocycles. The molecule has 0 nitrogen and oxygen atoms in total. The number of aryl methyl sites for hydroxylation is 1. The van der Waals surface area contributed by atoms with Crippen LogP contribution in [0.5, 0.6) is 0 Å². The molecule has 0 aromatic heterocycles. The van der Waals surface area contributed by atoms with E-state index in [-0.39, 0.29) is 26.0 Å². The second kappa shape index (κ2) is 16.7. The summed E-state index contributed by atoms with van der Waals surface area (Å²) in [6.07, 6.45) is 21.4. The van der Waals surface area contributed by atoms with Crippen LogP contribution in [0.4, 0.5) is 0 Å². The Morgan fingerprint density at radius 1 is 1.07 bits per heavy atom. The summed E-state index contributed by atoms with van der Waals surface area (Å²) in [5.74, 6) is 2.82. The zero-order valence-electron chi connectivity index (χ0n) is 18.9. The molecule has 3 atom stereocenters. The minimum absolute atomic E-state index is 0. The summed E-state index contributed by atoms with van der Waals surface area (Å²) in [6, 6.07) is 8.52. The minimum atomic E-state index is 0. The summed E-state index contributed by atoms with van der Waals surface area (Å²) in [5, 5.41) is 0. The third-order valence-electron chi connectivity index (χ3n) is 6.62. The van der Waals surface area contributed by atoms with Gasteiger partial charge in [0, 0.05) is 18.6 Å². The van der Waals surface area contributed by atoms with E-state index in [9.17, 15) is 0 Å². The second-order valence-corrected chi connectivity index (χ2v) is 9.14. The monoisotopic (exact) mass is 445 g/mol. The molecule has 0 spiro atoms. The number of hydrogen-bond donors (Lipinski definition) is 0. The molecule has 1 saturated carbocycles. The van der Waals surface area contributed by atoms with Gasteiger partial charge in [-0.15, -0.1) is 6.58 Å². The van der Waals surface area contributed by atoms with Gasteiger partial charge >= 0.3 is 0 Å². The molecule has 0 amide bonds. The van der Waals surface area contributed by atoms with Crippen LogP contribution in [-0.2, 0) is 25.0 Å². The van der Waals surface area contributed by atoms with Crippen molar-refractivity contribution in [2.24, 2.45) is 17.8 Å². The third kappa shape index (κ3) is 11.4. The van der Waals surface area contributed by atoms with Gasteiger partial charge in [-0.1, -0.05) is 93.8 Å². The Labute approximate surface area is 200 Å². The molecular weight excluding hydrogens is 399 g/mol. The Bertz CT molecular complexity index is 610. The summed E-state index contributed by atoms with van der Waals surface area (Å²) in [7, 11) is 0. The van der Waals surface area contributed by atoms with Crippen LogP contribution in [0.25, 0.3) is 0 Å². The molecule has 1 heteroatoms. The average Bonchev–Trinajstić information content (AvgIpc) is 2.71. The van der Waals surface area contributed by atoms with E-state index in [0.717, 1.165) is 24.2 Å². The Balaban J connectivity index is 0.000000604. The van der Waals surface area contributed by atoms with Crippen molar-refractivity contribution < 1.29 is 18.6 Å². The molecule has 1 aromatic carbocycles. The van der Waals surface area contributed by atoms with Gasteiger partial charge in [0.2, 0.25) is 0 Å². The molecule has 0 bridgehead atoms. The fourth-order valence-electron chi connectivity index (χ4n) is 4.59. The molecule has 167 valence electrons. The van der Waals surface area contributed by atoms with Gasteiger partial charge < -0.3 is 0 Å². The van der Waals surface area contributed by atoms with Crippen molar-refractivity contribution in [2.75, 3.05) is 0 Å². The Morgan fingerprint density at radius 3 is 2.37 bits per heavy atom. The molecule has 2 aliphatic rings. The Kier molecular flexibility index (Phi) is 16.1. The van der Waals surface area contributed by atoms with Crippen LogP contribution in [-0.4, -0.2) is 0 Å². The predicted molar refractivity (Wildman–Crippen MR) is 132 cm³/mol. The van der Waals surface area contributed by atoms with Crippen LogP contribution in [0.15, 0.2) is 61.2 Å². The average molecular weight is 446 g/mol. The maximum absolute atomic E-state index is 4.35. The molecule has 1 aromatic rings. The predicted octanol–water partition coefficient (Wildman–Crippen LogP) is 9.25. The van der Waals surface area contributed by atoms with Crippen LogP contribution >= 0.6 is 0 Å². The smallest absolute Gasteiger partial charge is 0 e. The zero-order valence-corrected chi connectivity index (χ0v) is 20.3. The molecule has 30 heavy (non-hydrogen) atoms. The van der Waals surface area contributed by atoms with Gasteiger partial charge in [-0.05, 0) is 81.6 Å². The maximum atomic E-state index is 4.35. The largest absolute Gasteiger partial charge is 0.103 e. The molecule has 3 unspecified atom stereocenters. The first-order valence-electron chi connectivity index (χ1n) is 11.6. The van der Waals surface area contributed by atoms with E-state index in [1.54, 1.807) is 0 Å². The van der Waals surface area contributed by atoms with Crippen molar-refractivity contribution >= 4 is 0 Å². The number of allylic oxidation sites excluding steroid dienone is 4. The summed E-state index contributed by atoms with van der Waals surface area (Å²) >= 11 is 0. The molecule has 3 rings (SSSR count). The summed E-state index contributed by atoms with van der Waals surface area (Å²) < 4.78 is 0. The van der Waals surface area contributed by atoms with Gasteiger partial charge in [0.25, 0.3) is 0 Å². The van der Waals surface area contributed by atoms with Crippen LogP contribution < -0.4 is 0 Å². The summed E-state index contributed by atoms with van der Waals surface area (Å²) in [4.78, 5) is 0. The van der Waals surface area contributed by atoms with Crippen molar-refractivity contribution in [1.29, 1.82) is 0 Å². The van der Waals surface area contributed by atoms with E-state index in [2.05, 4.69) is 63.4 Å². The zero-order chi connectivity index (χ0) is 20.2.